The van der Waals surface area contributed by atoms with E-state index in [1.807, 2.05) is 0 Å². The molecule has 2 N–H and O–H groups in total. The Bertz CT molecular complexity index is 379. The minimum Gasteiger partial charge on any atom is -0.322 e. The number of urea groups is 1. The molecule has 0 atom stereocenters. The highest BCUT2D eigenvalue weighted by Crippen LogP contribution is 2.17. The van der Waals surface area contributed by atoms with E-state index in [1.54, 1.807) is 23.2 Å². The fourth-order valence-electron chi connectivity index (χ4n) is 1.53. The summed E-state index contributed by atoms with van der Waals surface area (Å²) in [5.74, 6) is 0.410. The summed E-state index contributed by atoms with van der Waals surface area (Å²) in [6, 6.07) is 3.27. The highest BCUT2D eigenvalue weighted by molar-refractivity contribution is 6.33. The van der Waals surface area contributed by atoms with E-state index < -0.39 is 0 Å². The maximum absolute atomic E-state index is 11.8. The molecule has 5 nitrogen and oxygen atoms in total. The van der Waals surface area contributed by atoms with Crippen LogP contribution in [0.2, 0.25) is 5.02 Å². The van der Waals surface area contributed by atoms with Gasteiger partial charge in [-0.2, -0.15) is 0 Å². The van der Waals surface area contributed by atoms with Gasteiger partial charge in [0.1, 0.15) is 0 Å². The molecule has 1 aromatic rings. The van der Waals surface area contributed by atoms with Crippen molar-refractivity contribution in [2.24, 2.45) is 0 Å². The summed E-state index contributed by atoms with van der Waals surface area (Å²) in [5, 5.41) is 6.33. The molecule has 1 fully saturated rings. The van der Waals surface area contributed by atoms with Crippen LogP contribution in [0.25, 0.3) is 0 Å². The van der Waals surface area contributed by atoms with E-state index in [1.165, 1.54) is 0 Å². The van der Waals surface area contributed by atoms with Crippen molar-refractivity contribution in [1.29, 1.82) is 0 Å². The fourth-order valence-corrected chi connectivity index (χ4v) is 1.69. The van der Waals surface area contributed by atoms with E-state index in [4.69, 9.17) is 11.6 Å². The van der Waals surface area contributed by atoms with Crippen LogP contribution in [0.3, 0.4) is 0 Å². The molecule has 86 valence electrons. The molecule has 0 unspecified atom stereocenters. The maximum atomic E-state index is 11.8. The van der Waals surface area contributed by atoms with Crippen molar-refractivity contribution in [1.82, 2.24) is 15.2 Å². The van der Waals surface area contributed by atoms with Crippen LogP contribution in [0.15, 0.2) is 18.3 Å². The monoisotopic (exact) mass is 240 g/mol. The van der Waals surface area contributed by atoms with Crippen molar-refractivity contribution in [3.05, 3.63) is 23.4 Å². The molecule has 1 aromatic heterocycles. The van der Waals surface area contributed by atoms with Gasteiger partial charge in [0.05, 0.1) is 5.02 Å². The molecule has 0 aromatic carbocycles. The number of carbonyl (C=O) groups is 1. The number of anilines is 1. The van der Waals surface area contributed by atoms with Crippen LogP contribution >= 0.6 is 11.6 Å². The number of halogens is 1. The lowest BCUT2D eigenvalue weighted by atomic mass is 10.4. The number of carbonyl (C=O) groups excluding carboxylic acids is 1. The minimum atomic E-state index is -0.151. The molecule has 1 aliphatic heterocycles. The van der Waals surface area contributed by atoms with Crippen LogP contribution < -0.4 is 10.6 Å². The summed E-state index contributed by atoms with van der Waals surface area (Å²) in [5.41, 5.74) is 0. The largest absolute Gasteiger partial charge is 0.323 e. The topological polar surface area (TPSA) is 57.3 Å². The van der Waals surface area contributed by atoms with Gasteiger partial charge >= 0.3 is 6.03 Å². The highest BCUT2D eigenvalue weighted by Gasteiger charge is 2.17. The first kappa shape index (κ1) is 11.2. The van der Waals surface area contributed by atoms with Crippen LogP contribution in [0.1, 0.15) is 0 Å². The molecule has 2 rings (SSSR count). The molecule has 6 heteroatoms. The standard InChI is InChI=1S/C10H13ClN4O/c11-8-2-1-3-13-9(8)14-10(16)15-6-4-12-5-7-15/h1-3,12H,4-7H2,(H,13,14,16). The predicted octanol–water partition coefficient (Wildman–Crippen LogP) is 1.17. The number of piperazine rings is 1. The predicted molar refractivity (Wildman–Crippen MR) is 62.7 cm³/mol. The third kappa shape index (κ3) is 2.62. The summed E-state index contributed by atoms with van der Waals surface area (Å²) < 4.78 is 0. The lowest BCUT2D eigenvalue weighted by Gasteiger charge is -2.27. The Kier molecular flexibility index (Phi) is 3.58. The zero-order chi connectivity index (χ0) is 11.4. The van der Waals surface area contributed by atoms with Crippen LogP contribution in [-0.4, -0.2) is 42.1 Å². The molecule has 1 aliphatic rings. The van der Waals surface area contributed by atoms with Crippen molar-refractivity contribution in [3.63, 3.8) is 0 Å². The fraction of sp³-hybridized carbons (Fsp3) is 0.400. The van der Waals surface area contributed by atoms with E-state index in [0.717, 1.165) is 13.1 Å². The highest BCUT2D eigenvalue weighted by atomic mass is 35.5. The van der Waals surface area contributed by atoms with E-state index in [0.29, 0.717) is 23.9 Å². The number of rotatable bonds is 1. The number of aromatic nitrogens is 1. The van der Waals surface area contributed by atoms with Gasteiger partial charge in [-0.3, -0.25) is 5.32 Å². The first-order valence-electron chi connectivity index (χ1n) is 5.14. The SMILES string of the molecule is O=C(Nc1ncccc1Cl)N1CCNCC1. The summed E-state index contributed by atoms with van der Waals surface area (Å²) >= 11 is 5.90. The van der Waals surface area contributed by atoms with Crippen LogP contribution in [0, 0.1) is 0 Å². The number of amides is 2. The lowest BCUT2D eigenvalue weighted by Crippen LogP contribution is -2.48. The van der Waals surface area contributed by atoms with Gasteiger partial charge in [-0.05, 0) is 12.1 Å². The van der Waals surface area contributed by atoms with Crippen molar-refractivity contribution >= 4 is 23.4 Å². The molecular weight excluding hydrogens is 228 g/mol. The number of nitrogens with one attached hydrogen (secondary N) is 2. The van der Waals surface area contributed by atoms with E-state index in [2.05, 4.69) is 15.6 Å². The zero-order valence-electron chi connectivity index (χ0n) is 8.74. The lowest BCUT2D eigenvalue weighted by molar-refractivity contribution is 0.204. The Labute approximate surface area is 98.8 Å². The summed E-state index contributed by atoms with van der Waals surface area (Å²) in [6.45, 7) is 3.05. The number of hydrogen-bond acceptors (Lipinski definition) is 3. The first-order valence-corrected chi connectivity index (χ1v) is 5.52. The number of nitrogens with zero attached hydrogens (tertiary/aromatic N) is 2. The van der Waals surface area contributed by atoms with E-state index in [9.17, 15) is 4.79 Å². The molecule has 0 radical (unpaired) electrons. The molecule has 16 heavy (non-hydrogen) atoms. The van der Waals surface area contributed by atoms with Crippen molar-refractivity contribution < 1.29 is 4.79 Å². The Morgan fingerprint density at radius 2 is 2.25 bits per heavy atom. The summed E-state index contributed by atoms with van der Waals surface area (Å²) in [7, 11) is 0. The average molecular weight is 241 g/mol. The molecule has 0 bridgehead atoms. The summed E-state index contributed by atoms with van der Waals surface area (Å²) in [4.78, 5) is 17.6. The smallest absolute Gasteiger partial charge is 0.322 e. The van der Waals surface area contributed by atoms with Gasteiger partial charge in [0, 0.05) is 32.4 Å². The van der Waals surface area contributed by atoms with Gasteiger partial charge < -0.3 is 10.2 Å². The zero-order valence-corrected chi connectivity index (χ0v) is 9.50. The van der Waals surface area contributed by atoms with Gasteiger partial charge in [0.2, 0.25) is 0 Å². The number of hydrogen-bond donors (Lipinski definition) is 2. The second-order valence-corrected chi connectivity index (χ2v) is 3.91. The molecule has 0 aliphatic carbocycles. The molecule has 0 spiro atoms. The second-order valence-electron chi connectivity index (χ2n) is 3.50. The average Bonchev–Trinajstić information content (AvgIpc) is 2.33. The van der Waals surface area contributed by atoms with Gasteiger partial charge in [0.25, 0.3) is 0 Å². The Balaban J connectivity index is 1.99. The van der Waals surface area contributed by atoms with Crippen LogP contribution in [-0.2, 0) is 0 Å². The Morgan fingerprint density at radius 1 is 1.50 bits per heavy atom. The third-order valence-corrected chi connectivity index (χ3v) is 2.69. The maximum Gasteiger partial charge on any atom is 0.323 e. The Hall–Kier alpha value is -1.33. The molecule has 2 amide bonds. The van der Waals surface area contributed by atoms with Crippen LogP contribution in [0.4, 0.5) is 10.6 Å². The van der Waals surface area contributed by atoms with Crippen LogP contribution in [0.5, 0.6) is 0 Å². The van der Waals surface area contributed by atoms with Gasteiger partial charge in [0.15, 0.2) is 5.82 Å². The van der Waals surface area contributed by atoms with Gasteiger partial charge in [-0.1, -0.05) is 11.6 Å². The quantitative estimate of drug-likeness (QED) is 0.775. The van der Waals surface area contributed by atoms with E-state index >= 15 is 0 Å². The van der Waals surface area contributed by atoms with E-state index in [-0.39, 0.29) is 6.03 Å². The van der Waals surface area contributed by atoms with Gasteiger partial charge in [-0.15, -0.1) is 0 Å². The molecule has 0 saturated carbocycles. The molecule has 2 heterocycles. The third-order valence-electron chi connectivity index (χ3n) is 2.39. The Morgan fingerprint density at radius 3 is 2.94 bits per heavy atom. The van der Waals surface area contributed by atoms with Crippen molar-refractivity contribution in [3.8, 4) is 0 Å². The number of pyridine rings is 1. The second kappa shape index (κ2) is 5.14. The minimum absolute atomic E-state index is 0.151. The van der Waals surface area contributed by atoms with Gasteiger partial charge in [-0.25, -0.2) is 9.78 Å². The molecule has 1 saturated heterocycles. The summed E-state index contributed by atoms with van der Waals surface area (Å²) in [6.07, 6.45) is 1.60. The normalized spacial score (nSPS) is 15.9. The first-order chi connectivity index (χ1) is 7.77. The molecular formula is C10H13ClN4O. The van der Waals surface area contributed by atoms with Crippen molar-refractivity contribution in [2.45, 2.75) is 0 Å². The van der Waals surface area contributed by atoms with Crippen molar-refractivity contribution in [2.75, 3.05) is 31.5 Å².